The van der Waals surface area contributed by atoms with Gasteiger partial charge in [0.05, 0.1) is 0 Å². The van der Waals surface area contributed by atoms with E-state index in [-0.39, 0.29) is 6.54 Å². The van der Waals surface area contributed by atoms with Crippen molar-refractivity contribution in [2.75, 3.05) is 0 Å². The molecule has 0 aliphatic rings. The van der Waals surface area contributed by atoms with Crippen molar-refractivity contribution >= 4 is 11.3 Å². The van der Waals surface area contributed by atoms with E-state index in [1.807, 2.05) is 19.1 Å². The largest absolute Gasteiger partial charge is 0.333 e. The first-order valence-corrected chi connectivity index (χ1v) is 5.55. The van der Waals surface area contributed by atoms with E-state index in [9.17, 15) is 9.59 Å². The predicted octanol–water partition coefficient (Wildman–Crippen LogP) is 0.354. The molecule has 0 unspecified atom stereocenters. The minimum absolute atomic E-state index is 0.111. The van der Waals surface area contributed by atoms with Gasteiger partial charge in [-0.3, -0.25) is 14.3 Å². The van der Waals surface area contributed by atoms with Gasteiger partial charge in [0.25, 0.3) is 5.56 Å². The fourth-order valence-corrected chi connectivity index (χ4v) is 2.21. The normalized spacial score (nSPS) is 10.6. The van der Waals surface area contributed by atoms with Crippen LogP contribution in [0.3, 0.4) is 0 Å². The number of thiophene rings is 1. The number of aromatic nitrogens is 2. The van der Waals surface area contributed by atoms with Gasteiger partial charge in [0, 0.05) is 23.2 Å². The van der Waals surface area contributed by atoms with E-state index in [0.717, 1.165) is 9.88 Å². The van der Waals surface area contributed by atoms with Gasteiger partial charge in [-0.15, -0.1) is 11.3 Å². The summed E-state index contributed by atoms with van der Waals surface area (Å²) in [6.07, 6.45) is 1.49. The molecule has 0 atom stereocenters. The highest BCUT2D eigenvalue weighted by Crippen LogP contribution is 2.17. The van der Waals surface area contributed by atoms with Crippen molar-refractivity contribution in [3.05, 3.63) is 49.6 Å². The van der Waals surface area contributed by atoms with Gasteiger partial charge in [-0.1, -0.05) is 0 Å². The maximum atomic E-state index is 11.6. The molecule has 2 heterocycles. The lowest BCUT2D eigenvalue weighted by Crippen LogP contribution is -2.31. The van der Waals surface area contributed by atoms with Gasteiger partial charge in [0.15, 0.2) is 0 Å². The molecule has 16 heavy (non-hydrogen) atoms. The van der Waals surface area contributed by atoms with Gasteiger partial charge in [-0.25, -0.2) is 4.79 Å². The van der Waals surface area contributed by atoms with Crippen LogP contribution in [-0.2, 0) is 6.54 Å². The molecule has 0 bridgehead atoms. The third kappa shape index (κ3) is 1.84. The first-order chi connectivity index (χ1) is 7.61. The second kappa shape index (κ2) is 4.07. The maximum Gasteiger partial charge on any atom is 0.333 e. The van der Waals surface area contributed by atoms with E-state index in [0.29, 0.717) is 5.56 Å². The number of nitrogens with one attached hydrogen (secondary N) is 1. The first kappa shape index (κ1) is 10.8. The van der Waals surface area contributed by atoms with Crippen molar-refractivity contribution in [1.82, 2.24) is 9.55 Å². The lowest BCUT2D eigenvalue weighted by atomic mass is 10.3. The molecule has 0 spiro atoms. The third-order valence-electron chi connectivity index (χ3n) is 2.20. The van der Waals surface area contributed by atoms with Crippen LogP contribution in [0.1, 0.15) is 10.4 Å². The predicted molar refractivity (Wildman–Crippen MR) is 63.2 cm³/mol. The van der Waals surface area contributed by atoms with Crippen molar-refractivity contribution in [1.29, 1.82) is 0 Å². The average molecular weight is 237 g/mol. The summed E-state index contributed by atoms with van der Waals surface area (Å²) in [4.78, 5) is 26.2. The Morgan fingerprint density at radius 3 is 2.75 bits per heavy atom. The van der Waals surface area contributed by atoms with Crippen molar-refractivity contribution in [3.63, 3.8) is 0 Å². The Hall–Kier alpha value is -1.66. The molecule has 0 fully saturated rings. The van der Waals surface area contributed by atoms with E-state index >= 15 is 0 Å². The van der Waals surface area contributed by atoms with Crippen LogP contribution in [0.4, 0.5) is 0 Å². The average Bonchev–Trinajstić information content (AvgIpc) is 2.65. The molecule has 0 aromatic carbocycles. The zero-order chi connectivity index (χ0) is 11.7. The summed E-state index contributed by atoms with van der Waals surface area (Å²) < 4.78 is 1.40. The van der Waals surface area contributed by atoms with Crippen LogP contribution in [0.2, 0.25) is 0 Å². The molecule has 0 aliphatic carbocycles. The van der Waals surface area contributed by atoms with Crippen LogP contribution in [-0.4, -0.2) is 9.55 Å². The number of aryl methyl sites for hydroxylation is 1. The summed E-state index contributed by atoms with van der Waals surface area (Å²) in [5.41, 5.74) is 4.95. The third-order valence-corrected chi connectivity index (χ3v) is 3.20. The lowest BCUT2D eigenvalue weighted by Gasteiger charge is -2.03. The van der Waals surface area contributed by atoms with E-state index in [1.54, 1.807) is 0 Å². The molecule has 0 aliphatic heterocycles. The summed E-state index contributed by atoms with van der Waals surface area (Å²) in [5, 5.41) is 0.772. The Morgan fingerprint density at radius 2 is 2.19 bits per heavy atom. The molecule has 0 amide bonds. The number of aromatic amines is 1. The topological polar surface area (TPSA) is 80.9 Å². The monoisotopic (exact) mass is 237 g/mol. The summed E-state index contributed by atoms with van der Waals surface area (Å²) >= 11 is 1.48. The highest BCUT2D eigenvalue weighted by molar-refractivity contribution is 7.14. The zero-order valence-corrected chi connectivity index (χ0v) is 9.50. The number of hydrogen-bond acceptors (Lipinski definition) is 4. The fourth-order valence-electron chi connectivity index (χ4n) is 1.37. The maximum absolute atomic E-state index is 11.6. The van der Waals surface area contributed by atoms with Crippen molar-refractivity contribution < 1.29 is 0 Å². The van der Waals surface area contributed by atoms with Crippen molar-refractivity contribution in [3.8, 4) is 5.00 Å². The molecule has 2 aromatic rings. The minimum atomic E-state index is -0.441. The Kier molecular flexibility index (Phi) is 2.76. The molecule has 0 saturated heterocycles. The Balaban J connectivity index is 2.66. The van der Waals surface area contributed by atoms with Gasteiger partial charge in [0.2, 0.25) is 0 Å². The van der Waals surface area contributed by atoms with E-state index in [4.69, 9.17) is 5.73 Å². The fraction of sp³-hybridized carbons (Fsp3) is 0.200. The molecule has 0 saturated carbocycles. The molecule has 84 valence electrons. The number of nitrogens with zero attached hydrogens (tertiary/aromatic N) is 1. The number of nitrogens with two attached hydrogens (primary N) is 1. The number of hydrogen-bond donors (Lipinski definition) is 2. The molecule has 5 nitrogen and oxygen atoms in total. The molecule has 6 heteroatoms. The van der Waals surface area contributed by atoms with Gasteiger partial charge in [-0.05, 0) is 19.1 Å². The summed E-state index contributed by atoms with van der Waals surface area (Å²) in [6.45, 7) is 2.06. The Bertz CT molecular complexity index is 623. The molecule has 0 radical (unpaired) electrons. The van der Waals surface area contributed by atoms with Crippen molar-refractivity contribution in [2.24, 2.45) is 5.73 Å². The van der Waals surface area contributed by atoms with Crippen LogP contribution >= 0.6 is 11.3 Å². The number of H-pyrrole nitrogens is 1. The molecule has 2 aromatic heterocycles. The highest BCUT2D eigenvalue weighted by atomic mass is 32.1. The van der Waals surface area contributed by atoms with E-state index in [1.165, 1.54) is 22.1 Å². The van der Waals surface area contributed by atoms with Crippen LogP contribution < -0.4 is 17.0 Å². The zero-order valence-electron chi connectivity index (χ0n) is 8.69. The van der Waals surface area contributed by atoms with Crippen molar-refractivity contribution in [2.45, 2.75) is 13.5 Å². The van der Waals surface area contributed by atoms with E-state index in [2.05, 4.69) is 4.98 Å². The Labute approximate surface area is 95.2 Å². The quantitative estimate of drug-likeness (QED) is 0.791. The molecule has 3 N–H and O–H groups in total. The van der Waals surface area contributed by atoms with Crippen LogP contribution in [0.15, 0.2) is 27.9 Å². The smallest absolute Gasteiger partial charge is 0.326 e. The van der Waals surface area contributed by atoms with E-state index < -0.39 is 11.2 Å². The van der Waals surface area contributed by atoms with Gasteiger partial charge < -0.3 is 5.73 Å². The molecule has 2 rings (SSSR count). The van der Waals surface area contributed by atoms with Gasteiger partial charge >= 0.3 is 5.69 Å². The van der Waals surface area contributed by atoms with Crippen LogP contribution in [0, 0.1) is 6.92 Å². The minimum Gasteiger partial charge on any atom is -0.326 e. The summed E-state index contributed by atoms with van der Waals surface area (Å²) in [7, 11) is 0. The summed E-state index contributed by atoms with van der Waals surface area (Å²) in [6, 6.07) is 3.75. The summed E-state index contributed by atoms with van der Waals surface area (Å²) in [5.74, 6) is 0. The van der Waals surface area contributed by atoms with Gasteiger partial charge in [-0.2, -0.15) is 0 Å². The van der Waals surface area contributed by atoms with Crippen LogP contribution in [0.5, 0.6) is 0 Å². The Morgan fingerprint density at radius 1 is 1.44 bits per heavy atom. The SMILES string of the molecule is Cc1ccc(-n2cc(CN)c(=O)[nH]c2=O)s1. The highest BCUT2D eigenvalue weighted by Gasteiger charge is 2.06. The van der Waals surface area contributed by atoms with Gasteiger partial charge in [0.1, 0.15) is 5.00 Å². The number of rotatable bonds is 2. The first-order valence-electron chi connectivity index (χ1n) is 4.73. The second-order valence-corrected chi connectivity index (χ2v) is 4.64. The lowest BCUT2D eigenvalue weighted by molar-refractivity contribution is 0.862. The molecular weight excluding hydrogens is 226 g/mol. The molecular formula is C10H11N3O2S. The van der Waals surface area contributed by atoms with Crippen LogP contribution in [0.25, 0.3) is 5.00 Å². The second-order valence-electron chi connectivity index (χ2n) is 3.37. The standard InChI is InChI=1S/C10H11N3O2S/c1-6-2-3-8(16-6)13-5-7(4-11)9(14)12-10(13)15/h2-3,5H,4,11H2,1H3,(H,12,14,15).